The average Bonchev–Trinajstić information content (AvgIpc) is 2.95. The van der Waals surface area contributed by atoms with Crippen molar-refractivity contribution in [3.8, 4) is 0 Å². The highest BCUT2D eigenvalue weighted by molar-refractivity contribution is 5.45. The van der Waals surface area contributed by atoms with Gasteiger partial charge in [0.1, 0.15) is 0 Å². The molecule has 120 valence electrons. The lowest BCUT2D eigenvalue weighted by atomic mass is 9.87. The number of rotatable bonds is 4. The number of anilines is 1. The van der Waals surface area contributed by atoms with Gasteiger partial charge in [0.05, 0.1) is 5.69 Å². The van der Waals surface area contributed by atoms with Crippen LogP contribution in [0.4, 0.5) is 5.82 Å². The van der Waals surface area contributed by atoms with E-state index < -0.39 is 0 Å². The summed E-state index contributed by atoms with van der Waals surface area (Å²) in [5, 5.41) is 12.6. The third-order valence-electron chi connectivity index (χ3n) is 5.80. The minimum Gasteiger partial charge on any atom is -0.354 e. The molecule has 4 nitrogen and oxygen atoms in total. The fraction of sp³-hybridized carbons (Fsp3) is 0.778. The minimum absolute atomic E-state index is 0.769. The molecule has 0 aromatic carbocycles. The molecule has 2 aliphatic carbocycles. The number of nitrogens with zero attached hydrogens (tertiary/aromatic N) is 3. The zero-order valence-electron chi connectivity index (χ0n) is 13.7. The predicted molar refractivity (Wildman–Crippen MR) is 89.2 cm³/mol. The van der Waals surface area contributed by atoms with E-state index in [9.17, 15) is 0 Å². The number of aryl methyl sites for hydroxylation is 2. The van der Waals surface area contributed by atoms with Gasteiger partial charge in [-0.3, -0.25) is 0 Å². The molecule has 0 spiro atoms. The standard InChI is InChI=1S/C18H28N4/c1-13-5-7-16(8-6-13)19-10-14-11-22(12-14)18-9-15-3-2-4-17(15)20-21-18/h9,13-14,16,19H,2-8,10-12H2,1H3. The number of hydrogen-bond donors (Lipinski definition) is 1. The van der Waals surface area contributed by atoms with Gasteiger partial charge in [0, 0.05) is 31.6 Å². The van der Waals surface area contributed by atoms with Gasteiger partial charge in [-0.05, 0) is 62.5 Å². The third kappa shape index (κ3) is 2.98. The van der Waals surface area contributed by atoms with E-state index in [0.717, 1.165) is 43.2 Å². The summed E-state index contributed by atoms with van der Waals surface area (Å²) in [5.41, 5.74) is 2.66. The van der Waals surface area contributed by atoms with E-state index in [-0.39, 0.29) is 0 Å². The molecule has 3 aliphatic rings. The number of fused-ring (bicyclic) bond motifs is 1. The maximum absolute atomic E-state index is 4.42. The van der Waals surface area contributed by atoms with Gasteiger partial charge in [-0.15, -0.1) is 5.10 Å². The Hall–Kier alpha value is -1.16. The normalized spacial score (nSPS) is 28.5. The molecular weight excluding hydrogens is 272 g/mol. The molecule has 1 N–H and O–H groups in total. The predicted octanol–water partition coefficient (Wildman–Crippen LogP) is 2.57. The Balaban J connectivity index is 1.23. The summed E-state index contributed by atoms with van der Waals surface area (Å²) in [6, 6.07) is 3.05. The lowest BCUT2D eigenvalue weighted by molar-refractivity contribution is 0.282. The van der Waals surface area contributed by atoms with E-state index in [0.29, 0.717) is 0 Å². The summed E-state index contributed by atoms with van der Waals surface area (Å²) >= 11 is 0. The lowest BCUT2D eigenvalue weighted by Gasteiger charge is -2.41. The van der Waals surface area contributed by atoms with Crippen LogP contribution < -0.4 is 10.2 Å². The molecule has 1 aromatic rings. The Kier molecular flexibility index (Phi) is 4.03. The van der Waals surface area contributed by atoms with Crippen LogP contribution in [-0.4, -0.2) is 35.9 Å². The maximum Gasteiger partial charge on any atom is 0.151 e. The van der Waals surface area contributed by atoms with E-state index in [4.69, 9.17) is 0 Å². The van der Waals surface area contributed by atoms with Crippen LogP contribution in [0.2, 0.25) is 0 Å². The second kappa shape index (κ2) is 6.15. The van der Waals surface area contributed by atoms with E-state index in [1.54, 1.807) is 0 Å². The molecule has 2 fully saturated rings. The number of hydrogen-bond acceptors (Lipinski definition) is 4. The smallest absolute Gasteiger partial charge is 0.151 e. The largest absolute Gasteiger partial charge is 0.354 e. The van der Waals surface area contributed by atoms with Gasteiger partial charge < -0.3 is 10.2 Å². The monoisotopic (exact) mass is 300 g/mol. The Morgan fingerprint density at radius 1 is 1.14 bits per heavy atom. The van der Waals surface area contributed by atoms with Crippen LogP contribution in [0.15, 0.2) is 6.07 Å². The summed E-state index contributed by atoms with van der Waals surface area (Å²) in [5.74, 6) is 2.83. The quantitative estimate of drug-likeness (QED) is 0.928. The summed E-state index contributed by atoms with van der Waals surface area (Å²) in [6.07, 6.45) is 9.10. The van der Waals surface area contributed by atoms with Gasteiger partial charge in [-0.1, -0.05) is 6.92 Å². The minimum atomic E-state index is 0.769. The van der Waals surface area contributed by atoms with Crippen molar-refractivity contribution in [1.29, 1.82) is 0 Å². The van der Waals surface area contributed by atoms with Crippen molar-refractivity contribution in [3.05, 3.63) is 17.3 Å². The van der Waals surface area contributed by atoms with Gasteiger partial charge in [0.15, 0.2) is 5.82 Å². The fourth-order valence-corrected chi connectivity index (χ4v) is 4.16. The van der Waals surface area contributed by atoms with E-state index >= 15 is 0 Å². The third-order valence-corrected chi connectivity index (χ3v) is 5.80. The van der Waals surface area contributed by atoms with Crippen molar-refractivity contribution >= 4 is 5.82 Å². The molecule has 4 heteroatoms. The first-order valence-electron chi connectivity index (χ1n) is 9.12. The molecule has 0 atom stereocenters. The van der Waals surface area contributed by atoms with Crippen LogP contribution >= 0.6 is 0 Å². The number of nitrogens with one attached hydrogen (secondary N) is 1. The molecule has 0 unspecified atom stereocenters. The molecular formula is C18H28N4. The highest BCUT2D eigenvalue weighted by Gasteiger charge is 2.29. The van der Waals surface area contributed by atoms with Gasteiger partial charge in [0.25, 0.3) is 0 Å². The van der Waals surface area contributed by atoms with Crippen LogP contribution in [0.1, 0.15) is 50.3 Å². The van der Waals surface area contributed by atoms with Crippen LogP contribution in [0, 0.1) is 11.8 Å². The van der Waals surface area contributed by atoms with Crippen LogP contribution in [0.3, 0.4) is 0 Å². The Morgan fingerprint density at radius 2 is 1.95 bits per heavy atom. The first kappa shape index (κ1) is 14.4. The van der Waals surface area contributed by atoms with Crippen molar-refractivity contribution in [2.24, 2.45) is 11.8 Å². The number of aromatic nitrogens is 2. The van der Waals surface area contributed by atoms with E-state index in [1.807, 2.05) is 0 Å². The molecule has 0 bridgehead atoms. The lowest BCUT2D eigenvalue weighted by Crippen LogP contribution is -2.52. The molecule has 4 rings (SSSR count). The van der Waals surface area contributed by atoms with Crippen molar-refractivity contribution in [2.75, 3.05) is 24.5 Å². The molecule has 0 amide bonds. The SMILES string of the molecule is CC1CCC(NCC2CN(c3cc4c(nn3)CCC4)C2)CC1. The molecule has 0 radical (unpaired) electrons. The molecule has 1 aromatic heterocycles. The summed E-state index contributed by atoms with van der Waals surface area (Å²) in [6.45, 7) is 5.85. The first-order valence-corrected chi connectivity index (χ1v) is 9.12. The summed E-state index contributed by atoms with van der Waals surface area (Å²) < 4.78 is 0. The van der Waals surface area contributed by atoms with E-state index in [1.165, 1.54) is 56.3 Å². The Labute approximate surface area is 133 Å². The van der Waals surface area contributed by atoms with Gasteiger partial charge in [0.2, 0.25) is 0 Å². The topological polar surface area (TPSA) is 41.0 Å². The second-order valence-corrected chi connectivity index (χ2v) is 7.66. The summed E-state index contributed by atoms with van der Waals surface area (Å²) in [4.78, 5) is 2.39. The van der Waals surface area contributed by atoms with Crippen molar-refractivity contribution < 1.29 is 0 Å². The van der Waals surface area contributed by atoms with Gasteiger partial charge in [-0.2, -0.15) is 5.10 Å². The fourth-order valence-electron chi connectivity index (χ4n) is 4.16. The van der Waals surface area contributed by atoms with Gasteiger partial charge >= 0.3 is 0 Å². The zero-order chi connectivity index (χ0) is 14.9. The summed E-state index contributed by atoms with van der Waals surface area (Å²) in [7, 11) is 0. The molecule has 22 heavy (non-hydrogen) atoms. The molecule has 1 saturated heterocycles. The highest BCUT2D eigenvalue weighted by Crippen LogP contribution is 2.28. The maximum atomic E-state index is 4.42. The Morgan fingerprint density at radius 3 is 2.77 bits per heavy atom. The zero-order valence-corrected chi connectivity index (χ0v) is 13.7. The van der Waals surface area contributed by atoms with Crippen LogP contribution in [0.25, 0.3) is 0 Å². The van der Waals surface area contributed by atoms with Crippen molar-refractivity contribution in [2.45, 2.75) is 57.9 Å². The first-order chi connectivity index (χ1) is 10.8. The van der Waals surface area contributed by atoms with Crippen LogP contribution in [-0.2, 0) is 12.8 Å². The van der Waals surface area contributed by atoms with E-state index in [2.05, 4.69) is 33.4 Å². The molecule has 2 heterocycles. The second-order valence-electron chi connectivity index (χ2n) is 7.66. The van der Waals surface area contributed by atoms with Gasteiger partial charge in [-0.25, -0.2) is 0 Å². The van der Waals surface area contributed by atoms with Crippen LogP contribution in [0.5, 0.6) is 0 Å². The molecule has 1 aliphatic heterocycles. The molecule has 1 saturated carbocycles. The average molecular weight is 300 g/mol. The Bertz CT molecular complexity index is 516. The van der Waals surface area contributed by atoms with Crippen molar-refractivity contribution in [3.63, 3.8) is 0 Å². The highest BCUT2D eigenvalue weighted by atomic mass is 15.3. The van der Waals surface area contributed by atoms with Crippen molar-refractivity contribution in [1.82, 2.24) is 15.5 Å².